The molecule has 44 heavy (non-hydrogen) atoms. The topological polar surface area (TPSA) is 164 Å². The molecule has 2 aliphatic rings. The van der Waals surface area contributed by atoms with Gasteiger partial charge in [0.15, 0.2) is 0 Å². The molecule has 238 valence electrons. The van der Waals surface area contributed by atoms with Gasteiger partial charge in [-0.05, 0) is 73.9 Å². The maximum absolute atomic E-state index is 12.5. The number of H-pyrrole nitrogens is 2. The van der Waals surface area contributed by atoms with Gasteiger partial charge in [0.1, 0.15) is 0 Å². The number of allylic oxidation sites excluding steroid dienone is 1. The average Bonchev–Trinajstić information content (AvgIpc) is 3.59. The second-order valence-corrected chi connectivity index (χ2v) is 13.0. The van der Waals surface area contributed by atoms with Crippen molar-refractivity contribution in [1.29, 1.82) is 0 Å². The number of nitrogens with one attached hydrogen (secondary N) is 4. The van der Waals surface area contributed by atoms with E-state index in [9.17, 15) is 29.4 Å². The van der Waals surface area contributed by atoms with Gasteiger partial charge >= 0.3 is 11.9 Å². The zero-order valence-corrected chi connectivity index (χ0v) is 27.2. The molecule has 4 atom stereocenters. The Bertz CT molecular complexity index is 1550. The third kappa shape index (κ3) is 6.82. The Morgan fingerprint density at radius 2 is 1.55 bits per heavy atom. The number of aromatic amines is 2. The van der Waals surface area contributed by atoms with E-state index in [1.165, 1.54) is 0 Å². The molecule has 6 N–H and O–H groups in total. The van der Waals surface area contributed by atoms with Gasteiger partial charge in [0.25, 0.3) is 5.91 Å². The fourth-order valence-electron chi connectivity index (χ4n) is 6.88. The highest BCUT2D eigenvalue weighted by atomic mass is 32.1. The highest BCUT2D eigenvalue weighted by molar-refractivity contribution is 7.80. The summed E-state index contributed by atoms with van der Waals surface area (Å²) in [5, 5.41) is 25.0. The van der Waals surface area contributed by atoms with Crippen molar-refractivity contribution in [2.75, 3.05) is 0 Å². The highest BCUT2D eigenvalue weighted by Gasteiger charge is 2.41. The number of carbonyl (C=O) groups excluding carboxylic acids is 2. The number of amides is 2. The normalized spacial score (nSPS) is 21.7. The number of carbonyl (C=O) groups is 4. The van der Waals surface area contributed by atoms with Crippen molar-refractivity contribution in [3.05, 3.63) is 61.9 Å². The van der Waals surface area contributed by atoms with Crippen LogP contribution in [0.1, 0.15) is 92.0 Å². The lowest BCUT2D eigenvalue weighted by Crippen LogP contribution is -2.34. The van der Waals surface area contributed by atoms with Crippen LogP contribution in [0.4, 0.5) is 0 Å². The first-order chi connectivity index (χ1) is 20.7. The maximum Gasteiger partial charge on any atom is 0.303 e. The van der Waals surface area contributed by atoms with Gasteiger partial charge in [-0.15, -0.1) is 0 Å². The molecule has 4 rings (SSSR count). The quantitative estimate of drug-likeness (QED) is 0.163. The van der Waals surface area contributed by atoms with Crippen molar-refractivity contribution in [3.8, 4) is 0 Å². The minimum atomic E-state index is -0.896. The number of aliphatic carboxylic acids is 2. The summed E-state index contributed by atoms with van der Waals surface area (Å²) in [7, 11) is 0. The first-order valence-electron chi connectivity index (χ1n) is 15.3. The van der Waals surface area contributed by atoms with Crippen LogP contribution in [0.5, 0.6) is 0 Å². The van der Waals surface area contributed by atoms with Crippen LogP contribution in [0.25, 0.3) is 6.08 Å². The Balaban J connectivity index is 1.74. The van der Waals surface area contributed by atoms with Crippen molar-refractivity contribution in [3.63, 3.8) is 0 Å². The second-order valence-electron chi connectivity index (χ2n) is 12.2. The van der Waals surface area contributed by atoms with E-state index in [1.54, 1.807) is 0 Å². The summed E-state index contributed by atoms with van der Waals surface area (Å²) in [5.74, 6) is -1.99. The molecule has 0 saturated carbocycles. The van der Waals surface area contributed by atoms with Gasteiger partial charge < -0.3 is 30.8 Å². The van der Waals surface area contributed by atoms with Crippen LogP contribution in [0, 0.1) is 25.7 Å². The van der Waals surface area contributed by atoms with E-state index in [0.717, 1.165) is 56.2 Å². The van der Waals surface area contributed by atoms with E-state index in [4.69, 9.17) is 0 Å². The predicted molar refractivity (Wildman–Crippen MR) is 172 cm³/mol. The van der Waals surface area contributed by atoms with E-state index in [1.807, 2.05) is 47.6 Å². The molecule has 0 bridgehead atoms. The summed E-state index contributed by atoms with van der Waals surface area (Å²) in [6.07, 6.45) is 4.09. The number of thiol groups is 1. The lowest BCUT2D eigenvalue weighted by atomic mass is 9.86. The first-order valence-corrected chi connectivity index (χ1v) is 15.8. The molecule has 2 aromatic rings. The van der Waals surface area contributed by atoms with Crippen molar-refractivity contribution in [2.45, 2.75) is 97.8 Å². The van der Waals surface area contributed by atoms with Gasteiger partial charge in [0.05, 0.1) is 0 Å². The number of hydrogen-bond acceptors (Lipinski definition) is 5. The second kappa shape index (κ2) is 13.5. The predicted octanol–water partition coefficient (Wildman–Crippen LogP) is 4.39. The van der Waals surface area contributed by atoms with E-state index in [0.29, 0.717) is 37.8 Å². The summed E-state index contributed by atoms with van der Waals surface area (Å²) < 4.78 is 0. The van der Waals surface area contributed by atoms with Crippen LogP contribution in [-0.4, -0.2) is 55.2 Å². The first kappa shape index (κ1) is 33.2. The molecular weight excluding hydrogens is 580 g/mol. The smallest absolute Gasteiger partial charge is 0.303 e. The molecule has 0 aromatic carbocycles. The summed E-state index contributed by atoms with van der Waals surface area (Å²) in [6.45, 7) is 11.7. The van der Waals surface area contributed by atoms with E-state index >= 15 is 0 Å². The van der Waals surface area contributed by atoms with Crippen LogP contribution in [0.3, 0.4) is 0 Å². The average molecular weight is 625 g/mol. The molecule has 11 heteroatoms. The van der Waals surface area contributed by atoms with Gasteiger partial charge in [-0.25, -0.2) is 0 Å². The van der Waals surface area contributed by atoms with Crippen LogP contribution in [-0.2, 0) is 44.9 Å². The van der Waals surface area contributed by atoms with Crippen LogP contribution in [0.15, 0.2) is 16.8 Å². The van der Waals surface area contributed by atoms with E-state index < -0.39 is 11.9 Å². The van der Waals surface area contributed by atoms with E-state index in [2.05, 4.69) is 33.2 Å². The molecule has 0 spiro atoms. The van der Waals surface area contributed by atoms with E-state index in [-0.39, 0.29) is 47.8 Å². The molecule has 4 heterocycles. The summed E-state index contributed by atoms with van der Waals surface area (Å²) in [6, 6.07) is -0.106. The molecular formula is C33H44N4O6S. The van der Waals surface area contributed by atoms with Gasteiger partial charge in [-0.3, -0.25) is 19.2 Å². The van der Waals surface area contributed by atoms with Crippen LogP contribution in [0.2, 0.25) is 0 Å². The summed E-state index contributed by atoms with van der Waals surface area (Å²) >= 11 is 4.67. The third-order valence-electron chi connectivity index (χ3n) is 9.39. The maximum atomic E-state index is 12.5. The molecule has 2 amide bonds. The van der Waals surface area contributed by atoms with Gasteiger partial charge in [0, 0.05) is 82.9 Å². The molecule has 2 aromatic heterocycles. The van der Waals surface area contributed by atoms with Crippen molar-refractivity contribution in [2.24, 2.45) is 11.8 Å². The molecule has 1 saturated heterocycles. The van der Waals surface area contributed by atoms with Crippen molar-refractivity contribution >= 4 is 42.5 Å². The molecule has 0 aliphatic carbocycles. The number of aromatic nitrogens is 2. The molecule has 0 radical (unpaired) electrons. The van der Waals surface area contributed by atoms with Gasteiger partial charge in [0.2, 0.25) is 5.91 Å². The Hall–Kier alpha value is -3.73. The lowest BCUT2D eigenvalue weighted by molar-refractivity contribution is -0.138. The standard InChI is InChI=1S/C33H44N4O6S/c1-7-20-15(2)25(36-33(20)43)12-23-16(3)21(8-10-29(38)39)26(34-23)14-27-22(9-11-30(40)41)17(4)24(35-27)13-28-31(19(6)44)18(5)32(42)37-28/h12,18-19,28,31,34-35,44H,7-11,13-14H2,1-6H3,(H,36,43)(H,37,42)(H,38,39)(H,40,41)/b25-12+/t18-,19-,28?,31+/m1/s1. The Labute approximate surface area is 263 Å². The van der Waals surface area contributed by atoms with Crippen molar-refractivity contribution < 1.29 is 29.4 Å². The van der Waals surface area contributed by atoms with Crippen LogP contribution >= 0.6 is 12.6 Å². The molecule has 2 aliphatic heterocycles. The minimum absolute atomic E-state index is 0.0117. The molecule has 1 unspecified atom stereocenters. The zero-order chi connectivity index (χ0) is 32.5. The Morgan fingerprint density at radius 1 is 0.955 bits per heavy atom. The molecule has 1 fully saturated rings. The lowest BCUT2D eigenvalue weighted by Gasteiger charge is -2.24. The van der Waals surface area contributed by atoms with Crippen molar-refractivity contribution in [1.82, 2.24) is 20.6 Å². The largest absolute Gasteiger partial charge is 0.481 e. The summed E-state index contributed by atoms with van der Waals surface area (Å²) in [5.41, 5.74) is 9.47. The van der Waals surface area contributed by atoms with Gasteiger partial charge in [-0.2, -0.15) is 12.6 Å². The minimum Gasteiger partial charge on any atom is -0.481 e. The zero-order valence-electron chi connectivity index (χ0n) is 26.3. The highest BCUT2D eigenvalue weighted by Crippen LogP contribution is 2.34. The SMILES string of the molecule is CCC1=C(C)/C(=C\c2[nH]c(Cc3[nH]c(CC4NC(=O)[C@H](C)[C@H]4[C@@H](C)S)c(C)c3CCC(=O)O)c(CCC(=O)O)c2C)NC1=O. The van der Waals surface area contributed by atoms with Crippen LogP contribution < -0.4 is 10.6 Å². The third-order valence-corrected chi connectivity index (χ3v) is 9.74. The number of carboxylic acid groups (broad SMARTS) is 2. The fourth-order valence-corrected chi connectivity index (χ4v) is 7.35. The fraction of sp³-hybridized carbons (Fsp3) is 0.515. The van der Waals surface area contributed by atoms with Gasteiger partial charge in [-0.1, -0.05) is 20.8 Å². The number of carboxylic acids is 2. The Morgan fingerprint density at radius 3 is 2.09 bits per heavy atom. The monoisotopic (exact) mass is 624 g/mol. The number of hydrogen-bond donors (Lipinski definition) is 7. The number of rotatable bonds is 13. The Kier molecular flexibility index (Phi) is 10.2. The molecule has 10 nitrogen and oxygen atoms in total. The summed E-state index contributed by atoms with van der Waals surface area (Å²) in [4.78, 5) is 55.2.